The van der Waals surface area contributed by atoms with Crippen molar-refractivity contribution in [2.45, 2.75) is 64.8 Å². The largest absolute Gasteiger partial charge is 0.504 e. The first-order chi connectivity index (χ1) is 12.0. The van der Waals surface area contributed by atoms with Crippen LogP contribution < -0.4 is 5.32 Å². The maximum Gasteiger partial charge on any atom is 0.328 e. The molecule has 1 aromatic rings. The van der Waals surface area contributed by atoms with E-state index in [-0.39, 0.29) is 23.8 Å². The van der Waals surface area contributed by atoms with E-state index in [2.05, 4.69) is 12.2 Å². The van der Waals surface area contributed by atoms with E-state index in [0.29, 0.717) is 25.0 Å². The lowest BCUT2D eigenvalue weighted by atomic mass is 10.0. The van der Waals surface area contributed by atoms with Gasteiger partial charge < -0.3 is 20.3 Å². The molecular formula is C19H29NO5. The predicted octanol–water partition coefficient (Wildman–Crippen LogP) is 3.05. The Balaban J connectivity index is 2.69. The number of phenols is 2. The Kier molecular flexibility index (Phi) is 9.43. The van der Waals surface area contributed by atoms with Gasteiger partial charge in [0.25, 0.3) is 0 Å². The van der Waals surface area contributed by atoms with Gasteiger partial charge in [-0.1, -0.05) is 39.2 Å². The number of phenolic OH excluding ortho intramolecular Hbond substituents is 2. The molecule has 0 aliphatic carbocycles. The van der Waals surface area contributed by atoms with Crippen LogP contribution in [0.25, 0.3) is 0 Å². The molecule has 0 aromatic heterocycles. The molecule has 0 aliphatic heterocycles. The molecule has 1 atom stereocenters. The van der Waals surface area contributed by atoms with Gasteiger partial charge in [0.05, 0.1) is 6.61 Å². The van der Waals surface area contributed by atoms with Crippen molar-refractivity contribution in [1.29, 1.82) is 0 Å². The SMILES string of the molecule is CCCCCCC(=O)NC(Cc1ccc(O)c(O)c1)C(=O)OCCC. The normalized spacial score (nSPS) is 11.8. The Morgan fingerprint density at radius 2 is 1.84 bits per heavy atom. The summed E-state index contributed by atoms with van der Waals surface area (Å²) in [5.41, 5.74) is 0.625. The summed E-state index contributed by atoms with van der Waals surface area (Å²) >= 11 is 0. The third-order valence-electron chi connectivity index (χ3n) is 3.81. The van der Waals surface area contributed by atoms with Crippen LogP contribution in [0.5, 0.6) is 11.5 Å². The molecule has 0 radical (unpaired) electrons. The molecule has 0 saturated carbocycles. The standard InChI is InChI=1S/C19H29NO5/c1-3-5-6-7-8-18(23)20-15(19(24)25-11-4-2)12-14-9-10-16(21)17(22)13-14/h9-10,13,15,21-22H,3-8,11-12H2,1-2H3,(H,20,23). The number of hydrogen-bond acceptors (Lipinski definition) is 5. The van der Waals surface area contributed by atoms with Crippen LogP contribution in [-0.4, -0.2) is 34.7 Å². The average molecular weight is 351 g/mol. The molecule has 1 aromatic carbocycles. The third kappa shape index (κ3) is 7.92. The van der Waals surface area contributed by atoms with Crippen LogP contribution in [0.1, 0.15) is 57.9 Å². The zero-order valence-electron chi connectivity index (χ0n) is 15.1. The molecule has 0 saturated heterocycles. The highest BCUT2D eigenvalue weighted by Crippen LogP contribution is 2.25. The van der Waals surface area contributed by atoms with Crippen LogP contribution in [0.2, 0.25) is 0 Å². The van der Waals surface area contributed by atoms with Crippen LogP contribution in [0.4, 0.5) is 0 Å². The highest BCUT2D eigenvalue weighted by molar-refractivity contribution is 5.84. The molecule has 0 spiro atoms. The lowest BCUT2D eigenvalue weighted by molar-refractivity contribution is -0.147. The van der Waals surface area contributed by atoms with Gasteiger partial charge in [-0.2, -0.15) is 0 Å². The first-order valence-corrected chi connectivity index (χ1v) is 8.94. The molecule has 25 heavy (non-hydrogen) atoms. The van der Waals surface area contributed by atoms with E-state index < -0.39 is 12.0 Å². The highest BCUT2D eigenvalue weighted by Gasteiger charge is 2.23. The van der Waals surface area contributed by atoms with Gasteiger partial charge in [0.2, 0.25) is 5.91 Å². The van der Waals surface area contributed by atoms with E-state index in [0.717, 1.165) is 25.7 Å². The summed E-state index contributed by atoms with van der Waals surface area (Å²) in [4.78, 5) is 24.3. The summed E-state index contributed by atoms with van der Waals surface area (Å²) in [6, 6.07) is 3.52. The summed E-state index contributed by atoms with van der Waals surface area (Å²) in [6.07, 6.45) is 5.22. The van der Waals surface area contributed by atoms with Gasteiger partial charge in [0, 0.05) is 12.8 Å². The molecule has 3 N–H and O–H groups in total. The number of esters is 1. The summed E-state index contributed by atoms with van der Waals surface area (Å²) in [5.74, 6) is -1.16. The van der Waals surface area contributed by atoms with Crippen molar-refractivity contribution in [2.75, 3.05) is 6.61 Å². The number of hydrogen-bond donors (Lipinski definition) is 3. The number of ether oxygens (including phenoxy) is 1. The summed E-state index contributed by atoms with van der Waals surface area (Å²) in [6.45, 7) is 4.29. The van der Waals surface area contributed by atoms with E-state index in [4.69, 9.17) is 4.74 Å². The van der Waals surface area contributed by atoms with Gasteiger partial charge >= 0.3 is 5.97 Å². The average Bonchev–Trinajstić information content (AvgIpc) is 2.59. The molecule has 0 aliphatic rings. The topological polar surface area (TPSA) is 95.9 Å². The van der Waals surface area contributed by atoms with Crippen molar-refractivity contribution < 1.29 is 24.5 Å². The minimum absolute atomic E-state index is 0.183. The lowest BCUT2D eigenvalue weighted by Gasteiger charge is -2.18. The molecular weight excluding hydrogens is 322 g/mol. The van der Waals surface area contributed by atoms with E-state index in [1.807, 2.05) is 6.92 Å². The maximum absolute atomic E-state index is 12.2. The minimum atomic E-state index is -0.811. The monoisotopic (exact) mass is 351 g/mol. The smallest absolute Gasteiger partial charge is 0.328 e. The second-order valence-corrected chi connectivity index (χ2v) is 6.13. The number of aromatic hydroxyl groups is 2. The third-order valence-corrected chi connectivity index (χ3v) is 3.81. The van der Waals surface area contributed by atoms with Crippen molar-refractivity contribution in [1.82, 2.24) is 5.32 Å². The van der Waals surface area contributed by atoms with E-state index in [1.165, 1.54) is 12.1 Å². The molecule has 6 heteroatoms. The summed E-state index contributed by atoms with van der Waals surface area (Å²) in [5, 5.41) is 21.7. The Labute approximate surface area is 149 Å². The number of nitrogens with one attached hydrogen (secondary N) is 1. The van der Waals surface area contributed by atoms with Crippen molar-refractivity contribution >= 4 is 11.9 Å². The first-order valence-electron chi connectivity index (χ1n) is 8.94. The fourth-order valence-electron chi connectivity index (χ4n) is 2.41. The van der Waals surface area contributed by atoms with Crippen LogP contribution in [-0.2, 0) is 20.7 Å². The van der Waals surface area contributed by atoms with Gasteiger partial charge in [0.1, 0.15) is 6.04 Å². The lowest BCUT2D eigenvalue weighted by Crippen LogP contribution is -2.43. The molecule has 1 rings (SSSR count). The molecule has 0 fully saturated rings. The first kappa shape index (κ1) is 20.8. The van der Waals surface area contributed by atoms with Crippen molar-refractivity contribution in [3.8, 4) is 11.5 Å². The zero-order chi connectivity index (χ0) is 18.7. The Hall–Kier alpha value is -2.24. The molecule has 1 amide bonds. The van der Waals surface area contributed by atoms with Crippen LogP contribution >= 0.6 is 0 Å². The summed E-state index contributed by atoms with van der Waals surface area (Å²) < 4.78 is 5.16. The molecule has 0 bridgehead atoms. The molecule has 6 nitrogen and oxygen atoms in total. The van der Waals surface area contributed by atoms with Crippen LogP contribution in [0.15, 0.2) is 18.2 Å². The van der Waals surface area contributed by atoms with E-state index >= 15 is 0 Å². The fraction of sp³-hybridized carbons (Fsp3) is 0.579. The summed E-state index contributed by atoms with van der Waals surface area (Å²) in [7, 11) is 0. The van der Waals surface area contributed by atoms with Gasteiger partial charge in [-0.25, -0.2) is 4.79 Å². The second kappa shape index (κ2) is 11.3. The zero-order valence-corrected chi connectivity index (χ0v) is 15.1. The quantitative estimate of drug-likeness (QED) is 0.323. The molecule has 0 heterocycles. The van der Waals surface area contributed by atoms with Crippen LogP contribution in [0, 0.1) is 0 Å². The van der Waals surface area contributed by atoms with Crippen LogP contribution in [0.3, 0.4) is 0 Å². The fourth-order valence-corrected chi connectivity index (χ4v) is 2.41. The second-order valence-electron chi connectivity index (χ2n) is 6.13. The number of rotatable bonds is 11. The van der Waals surface area contributed by atoms with Gasteiger partial charge in [-0.15, -0.1) is 0 Å². The van der Waals surface area contributed by atoms with E-state index in [9.17, 15) is 19.8 Å². The van der Waals surface area contributed by atoms with Gasteiger partial charge in [-0.3, -0.25) is 4.79 Å². The number of carbonyl (C=O) groups excluding carboxylic acids is 2. The van der Waals surface area contributed by atoms with Gasteiger partial charge in [0.15, 0.2) is 11.5 Å². The number of carbonyl (C=O) groups is 2. The van der Waals surface area contributed by atoms with E-state index in [1.54, 1.807) is 6.07 Å². The highest BCUT2D eigenvalue weighted by atomic mass is 16.5. The Morgan fingerprint density at radius 1 is 1.08 bits per heavy atom. The van der Waals surface area contributed by atoms with Crippen molar-refractivity contribution in [2.24, 2.45) is 0 Å². The Morgan fingerprint density at radius 3 is 2.48 bits per heavy atom. The van der Waals surface area contributed by atoms with Gasteiger partial charge in [-0.05, 0) is 30.5 Å². The molecule has 140 valence electrons. The van der Waals surface area contributed by atoms with Crippen molar-refractivity contribution in [3.05, 3.63) is 23.8 Å². The molecule has 1 unspecified atom stereocenters. The minimum Gasteiger partial charge on any atom is -0.504 e. The van der Waals surface area contributed by atoms with Crippen molar-refractivity contribution in [3.63, 3.8) is 0 Å². The predicted molar refractivity (Wildman–Crippen MR) is 95.4 cm³/mol. The number of amides is 1. The number of unbranched alkanes of at least 4 members (excludes halogenated alkanes) is 3. The Bertz CT molecular complexity index is 559. The maximum atomic E-state index is 12.2. The number of benzene rings is 1.